The molecule has 0 bridgehead atoms. The highest BCUT2D eigenvalue weighted by atomic mass is 16.5. The van der Waals surface area contributed by atoms with E-state index in [0.717, 1.165) is 32.7 Å². The molecule has 5 heteroatoms. The van der Waals surface area contributed by atoms with Gasteiger partial charge in [-0.25, -0.2) is 4.99 Å². The van der Waals surface area contributed by atoms with Gasteiger partial charge < -0.3 is 15.4 Å². The molecule has 1 saturated heterocycles. The number of amidine groups is 1. The first-order chi connectivity index (χ1) is 9.70. The van der Waals surface area contributed by atoms with Gasteiger partial charge in [0.05, 0.1) is 0 Å². The zero-order chi connectivity index (χ0) is 13.9. The second-order valence-electron chi connectivity index (χ2n) is 5.56. The molecule has 1 fully saturated rings. The Hall–Kier alpha value is -1.75. The summed E-state index contributed by atoms with van der Waals surface area (Å²) in [6, 6.07) is 9.32. The molecule has 2 aliphatic heterocycles. The Kier molecular flexibility index (Phi) is 3.78. The van der Waals surface area contributed by atoms with E-state index in [1.54, 1.807) is 0 Å². The number of anilines is 1. The minimum absolute atomic E-state index is 0.209. The molecule has 2 N–H and O–H groups in total. The second-order valence-corrected chi connectivity index (χ2v) is 5.56. The quantitative estimate of drug-likeness (QED) is 0.887. The molecule has 1 atom stereocenters. The molecule has 0 amide bonds. The van der Waals surface area contributed by atoms with Gasteiger partial charge in [-0.2, -0.15) is 0 Å². The van der Waals surface area contributed by atoms with E-state index >= 15 is 0 Å². The summed E-state index contributed by atoms with van der Waals surface area (Å²) in [5.74, 6) is 0. The Morgan fingerprint density at radius 3 is 2.50 bits per heavy atom. The molecule has 1 unspecified atom stereocenters. The largest absolute Gasteiger partial charge is 0.463 e. The summed E-state index contributed by atoms with van der Waals surface area (Å²) in [4.78, 5) is 9.17. The predicted molar refractivity (Wildman–Crippen MR) is 81.2 cm³/mol. The lowest BCUT2D eigenvalue weighted by molar-refractivity contribution is 0.219. The van der Waals surface area contributed by atoms with E-state index in [4.69, 9.17) is 10.5 Å². The summed E-state index contributed by atoms with van der Waals surface area (Å²) in [6.45, 7) is 7.97. The van der Waals surface area contributed by atoms with E-state index in [1.165, 1.54) is 11.3 Å². The van der Waals surface area contributed by atoms with Crippen molar-refractivity contribution in [3.8, 4) is 0 Å². The Morgan fingerprint density at radius 2 is 1.90 bits per heavy atom. The Morgan fingerprint density at radius 1 is 1.20 bits per heavy atom. The lowest BCUT2D eigenvalue weighted by Crippen LogP contribution is -2.48. The molecule has 2 aliphatic rings. The zero-order valence-corrected chi connectivity index (χ0v) is 12.0. The number of aliphatic imine (C=N–C) groups is 1. The van der Waals surface area contributed by atoms with Gasteiger partial charge in [-0.05, 0) is 19.1 Å². The maximum atomic E-state index is 5.54. The molecule has 0 aromatic heterocycles. The minimum Gasteiger partial charge on any atom is -0.463 e. The number of nitrogens with two attached hydrogens (primary N) is 1. The average molecular weight is 274 g/mol. The second kappa shape index (κ2) is 5.71. The molecule has 0 spiro atoms. The molecule has 5 nitrogen and oxygen atoms in total. The van der Waals surface area contributed by atoms with E-state index in [1.807, 2.05) is 0 Å². The zero-order valence-electron chi connectivity index (χ0n) is 12.0. The van der Waals surface area contributed by atoms with Crippen LogP contribution in [0.5, 0.6) is 0 Å². The third-order valence-electron chi connectivity index (χ3n) is 3.97. The highest BCUT2D eigenvalue weighted by Crippen LogP contribution is 2.17. The van der Waals surface area contributed by atoms with Crippen LogP contribution in [0.25, 0.3) is 0 Å². The molecule has 1 aromatic carbocycles. The summed E-state index contributed by atoms with van der Waals surface area (Å²) < 4.78 is 5.20. The van der Waals surface area contributed by atoms with Crippen LogP contribution in [0.15, 0.2) is 29.3 Å². The van der Waals surface area contributed by atoms with Gasteiger partial charge in [-0.15, -0.1) is 0 Å². The molecule has 0 radical (unpaired) electrons. The van der Waals surface area contributed by atoms with Crippen LogP contribution in [0.2, 0.25) is 0 Å². The fourth-order valence-corrected chi connectivity index (χ4v) is 2.77. The van der Waals surface area contributed by atoms with Gasteiger partial charge in [0.15, 0.2) is 0 Å². The maximum absolute atomic E-state index is 5.54. The van der Waals surface area contributed by atoms with Crippen LogP contribution in [0.4, 0.5) is 5.69 Å². The van der Waals surface area contributed by atoms with Crippen molar-refractivity contribution < 1.29 is 4.74 Å². The highest BCUT2D eigenvalue weighted by molar-refractivity contribution is 5.73. The molecule has 20 heavy (non-hydrogen) atoms. The van der Waals surface area contributed by atoms with Crippen molar-refractivity contribution in [1.29, 1.82) is 0 Å². The van der Waals surface area contributed by atoms with Gasteiger partial charge in [0, 0.05) is 38.4 Å². The first kappa shape index (κ1) is 13.2. The summed E-state index contributed by atoms with van der Waals surface area (Å²) in [5.41, 5.74) is 8.17. The number of nitrogens with zero attached hydrogens (tertiary/aromatic N) is 3. The summed E-state index contributed by atoms with van der Waals surface area (Å²) in [7, 11) is 0. The molecule has 1 aromatic rings. The van der Waals surface area contributed by atoms with E-state index in [0.29, 0.717) is 12.6 Å². The van der Waals surface area contributed by atoms with E-state index in [9.17, 15) is 0 Å². The third kappa shape index (κ3) is 3.04. The number of rotatable bonds is 3. The Bertz CT molecular complexity index is 477. The highest BCUT2D eigenvalue weighted by Gasteiger charge is 2.23. The molecular weight excluding hydrogens is 252 g/mol. The van der Waals surface area contributed by atoms with Crippen molar-refractivity contribution in [3.63, 3.8) is 0 Å². The van der Waals surface area contributed by atoms with Crippen molar-refractivity contribution in [2.24, 2.45) is 10.7 Å². The van der Waals surface area contributed by atoms with Crippen LogP contribution in [0, 0.1) is 6.92 Å². The van der Waals surface area contributed by atoms with E-state index in [2.05, 4.69) is 46.0 Å². The van der Waals surface area contributed by atoms with Gasteiger partial charge in [-0.3, -0.25) is 4.90 Å². The van der Waals surface area contributed by atoms with Crippen LogP contribution in [-0.4, -0.2) is 56.3 Å². The van der Waals surface area contributed by atoms with Gasteiger partial charge in [-0.1, -0.05) is 17.7 Å². The predicted octanol–water partition coefficient (Wildman–Crippen LogP) is 0.831. The SMILES string of the molecule is Cc1ccc(N2CCN(CC3COC(N)=N3)CC2)cc1. The average Bonchev–Trinajstić information content (AvgIpc) is 2.86. The van der Waals surface area contributed by atoms with Crippen LogP contribution in [0.1, 0.15) is 5.56 Å². The number of benzene rings is 1. The van der Waals surface area contributed by atoms with Gasteiger partial charge in [0.1, 0.15) is 12.6 Å². The van der Waals surface area contributed by atoms with Gasteiger partial charge in [0.25, 0.3) is 6.02 Å². The summed E-state index contributed by atoms with van der Waals surface area (Å²) in [6.07, 6.45) is 0. The van der Waals surface area contributed by atoms with Crippen molar-refractivity contribution in [2.45, 2.75) is 13.0 Å². The first-order valence-corrected chi connectivity index (χ1v) is 7.21. The van der Waals surface area contributed by atoms with Crippen molar-refractivity contribution in [2.75, 3.05) is 44.2 Å². The molecule has 3 rings (SSSR count). The van der Waals surface area contributed by atoms with Gasteiger partial charge in [0.2, 0.25) is 0 Å². The van der Waals surface area contributed by atoms with Gasteiger partial charge >= 0.3 is 0 Å². The fourth-order valence-electron chi connectivity index (χ4n) is 2.77. The number of aryl methyl sites for hydroxylation is 1. The van der Waals surface area contributed by atoms with Crippen molar-refractivity contribution >= 4 is 11.7 Å². The number of hydrogen-bond donors (Lipinski definition) is 1. The van der Waals surface area contributed by atoms with E-state index < -0.39 is 0 Å². The topological polar surface area (TPSA) is 54.1 Å². The third-order valence-corrected chi connectivity index (χ3v) is 3.97. The monoisotopic (exact) mass is 274 g/mol. The lowest BCUT2D eigenvalue weighted by Gasteiger charge is -2.36. The molecular formula is C15H22N4O. The normalized spacial score (nSPS) is 23.6. The van der Waals surface area contributed by atoms with Crippen LogP contribution in [-0.2, 0) is 4.74 Å². The molecule has 0 aliphatic carbocycles. The maximum Gasteiger partial charge on any atom is 0.282 e. The number of ether oxygens (including phenoxy) is 1. The van der Waals surface area contributed by atoms with Crippen molar-refractivity contribution in [1.82, 2.24) is 4.90 Å². The Balaban J connectivity index is 1.50. The van der Waals surface area contributed by atoms with Crippen LogP contribution >= 0.6 is 0 Å². The molecule has 2 heterocycles. The minimum atomic E-state index is 0.209. The fraction of sp³-hybridized carbons (Fsp3) is 0.533. The first-order valence-electron chi connectivity index (χ1n) is 7.21. The van der Waals surface area contributed by atoms with Crippen molar-refractivity contribution in [3.05, 3.63) is 29.8 Å². The lowest BCUT2D eigenvalue weighted by atomic mass is 10.2. The number of hydrogen-bond acceptors (Lipinski definition) is 5. The van der Waals surface area contributed by atoms with Crippen LogP contribution in [0.3, 0.4) is 0 Å². The standard InChI is InChI=1S/C15H22N4O/c1-12-2-4-14(5-3-12)19-8-6-18(7-9-19)10-13-11-20-15(16)17-13/h2-5,13H,6-11H2,1H3,(H2,16,17). The summed E-state index contributed by atoms with van der Waals surface area (Å²) in [5, 5.41) is 0. The Labute approximate surface area is 120 Å². The molecule has 108 valence electrons. The van der Waals surface area contributed by atoms with E-state index in [-0.39, 0.29) is 6.04 Å². The smallest absolute Gasteiger partial charge is 0.282 e. The van der Waals surface area contributed by atoms with Crippen LogP contribution < -0.4 is 10.6 Å². The number of piperazine rings is 1. The molecule has 0 saturated carbocycles. The summed E-state index contributed by atoms with van der Waals surface area (Å²) >= 11 is 0.